The number of nitrogens with zero attached hydrogens (tertiary/aromatic N) is 1. The van der Waals surface area contributed by atoms with Crippen molar-refractivity contribution in [2.75, 3.05) is 18.6 Å². The molecule has 44 heavy (non-hydrogen) atoms. The molecule has 4 rings (SSSR count). The van der Waals surface area contributed by atoms with Crippen LogP contribution in [-0.2, 0) is 29.0 Å². The van der Waals surface area contributed by atoms with Crippen LogP contribution >= 0.6 is 0 Å². The van der Waals surface area contributed by atoms with Crippen LogP contribution in [0.25, 0.3) is 0 Å². The number of carbonyl (C=O) groups is 5. The molecular formula is C31H49N5O7S. The first-order chi connectivity index (χ1) is 20.4. The topological polar surface area (TPSA) is 185 Å². The molecule has 0 radical (unpaired) electrons. The molecular weight excluding hydrogens is 586 g/mol. The molecule has 5 N–H and O–H groups in total. The van der Waals surface area contributed by atoms with E-state index in [4.69, 9.17) is 5.73 Å². The van der Waals surface area contributed by atoms with Crippen molar-refractivity contribution in [1.82, 2.24) is 20.9 Å². The summed E-state index contributed by atoms with van der Waals surface area (Å²) in [5.41, 5.74) is 5.81. The van der Waals surface area contributed by atoms with Crippen LogP contribution in [0.4, 0.5) is 4.79 Å². The third-order valence-corrected chi connectivity index (χ3v) is 10.5. The van der Waals surface area contributed by atoms with E-state index in [0.29, 0.717) is 19.3 Å². The van der Waals surface area contributed by atoms with Crippen LogP contribution in [0.3, 0.4) is 0 Å². The third kappa shape index (κ3) is 8.39. The molecule has 1 saturated heterocycles. The van der Waals surface area contributed by atoms with Gasteiger partial charge < -0.3 is 26.6 Å². The van der Waals surface area contributed by atoms with Gasteiger partial charge in [0.15, 0.2) is 0 Å². The lowest BCUT2D eigenvalue weighted by atomic mass is 9.83. The van der Waals surface area contributed by atoms with Crippen molar-refractivity contribution >= 4 is 39.4 Å². The maximum atomic E-state index is 14.3. The first-order valence-corrected chi connectivity index (χ1v) is 17.9. The molecule has 12 nitrogen and oxygen atoms in total. The lowest BCUT2D eigenvalue weighted by Gasteiger charge is -2.40. The molecule has 4 atom stereocenters. The molecule has 246 valence electrons. The summed E-state index contributed by atoms with van der Waals surface area (Å²) in [6.07, 6.45) is 8.66. The number of hydrogen-bond donors (Lipinski definition) is 4. The van der Waals surface area contributed by atoms with Crippen molar-refractivity contribution in [3.8, 4) is 0 Å². The van der Waals surface area contributed by atoms with E-state index in [9.17, 15) is 32.4 Å². The van der Waals surface area contributed by atoms with Gasteiger partial charge in [-0.15, -0.1) is 0 Å². The highest BCUT2D eigenvalue weighted by Crippen LogP contribution is 2.42. The van der Waals surface area contributed by atoms with Gasteiger partial charge in [-0.1, -0.05) is 65.4 Å². The van der Waals surface area contributed by atoms with E-state index in [1.807, 2.05) is 27.7 Å². The van der Waals surface area contributed by atoms with Crippen LogP contribution in [0, 0.1) is 17.3 Å². The van der Waals surface area contributed by atoms with Gasteiger partial charge >= 0.3 is 6.03 Å². The Morgan fingerprint density at radius 3 is 2.14 bits per heavy atom. The highest BCUT2D eigenvalue weighted by molar-refractivity contribution is 7.90. The Balaban J connectivity index is 1.57. The number of carbonyl (C=O) groups excluding carboxylic acids is 5. The molecule has 0 aromatic carbocycles. The van der Waals surface area contributed by atoms with Crippen LogP contribution in [0.15, 0.2) is 11.1 Å². The molecule has 4 aliphatic rings. The zero-order valence-electron chi connectivity index (χ0n) is 26.7. The van der Waals surface area contributed by atoms with Crippen LogP contribution in [0.5, 0.6) is 0 Å². The standard InChI is InChI=1S/C31H49N5O7S/c1-18-21(20-11-12-20)16-36(23(18)27(39)33-22(15-19-9-10-19)24(37)26(32)38)28(40)25(30(2,3)4)34-29(41)35-31(17-44(5,42)43)13-7-6-8-14-31/h18-19,22-23,25H,6-17H2,1-5H3,(H2,32,38)(H,33,39)(H2,34,35,41)/t18?,22?,23?,25-/m1/s1. The molecule has 5 amide bonds. The summed E-state index contributed by atoms with van der Waals surface area (Å²) >= 11 is 0. The quantitative estimate of drug-likeness (QED) is 0.197. The minimum Gasteiger partial charge on any atom is -0.363 e. The summed E-state index contributed by atoms with van der Waals surface area (Å²) in [5.74, 6) is -3.22. The van der Waals surface area contributed by atoms with Crippen molar-refractivity contribution < 1.29 is 32.4 Å². The van der Waals surface area contributed by atoms with E-state index in [2.05, 4.69) is 16.0 Å². The summed E-state index contributed by atoms with van der Waals surface area (Å²) < 4.78 is 24.5. The zero-order valence-corrected chi connectivity index (χ0v) is 27.5. The molecule has 0 aromatic rings. The van der Waals surface area contributed by atoms with Gasteiger partial charge in [-0.05, 0) is 49.0 Å². The van der Waals surface area contributed by atoms with Gasteiger partial charge in [0.2, 0.25) is 17.6 Å². The number of primary amides is 1. The lowest BCUT2D eigenvalue weighted by Crippen LogP contribution is -2.63. The smallest absolute Gasteiger partial charge is 0.315 e. The van der Waals surface area contributed by atoms with Gasteiger partial charge in [0.05, 0.1) is 17.3 Å². The van der Waals surface area contributed by atoms with E-state index in [0.717, 1.165) is 56.8 Å². The van der Waals surface area contributed by atoms with Crippen LogP contribution in [0.1, 0.15) is 91.9 Å². The molecule has 3 aliphatic carbocycles. The second kappa shape index (κ2) is 12.8. The Labute approximate surface area is 260 Å². The summed E-state index contributed by atoms with van der Waals surface area (Å²) in [6, 6.07) is -3.67. The van der Waals surface area contributed by atoms with Crippen LogP contribution in [-0.4, -0.2) is 85.1 Å². The first-order valence-electron chi connectivity index (χ1n) is 15.8. The highest BCUT2D eigenvalue weighted by atomic mass is 32.2. The first kappa shape index (κ1) is 33.9. The van der Waals surface area contributed by atoms with E-state index in [1.54, 1.807) is 0 Å². The molecule has 0 aromatic heterocycles. The number of nitrogens with one attached hydrogen (secondary N) is 3. The van der Waals surface area contributed by atoms with Crippen molar-refractivity contribution in [3.05, 3.63) is 11.1 Å². The van der Waals surface area contributed by atoms with Gasteiger partial charge in [-0.25, -0.2) is 13.2 Å². The molecule has 4 fully saturated rings. The predicted octanol–water partition coefficient (Wildman–Crippen LogP) is 1.72. The minimum atomic E-state index is -3.39. The van der Waals surface area contributed by atoms with Gasteiger partial charge in [0, 0.05) is 18.7 Å². The van der Waals surface area contributed by atoms with E-state index >= 15 is 0 Å². The largest absolute Gasteiger partial charge is 0.363 e. The lowest BCUT2D eigenvalue weighted by molar-refractivity contribution is -0.144. The number of nitrogens with two attached hydrogens (primary N) is 1. The third-order valence-electron chi connectivity index (χ3n) is 9.46. The second-order valence-corrected chi connectivity index (χ2v) is 16.7. The van der Waals surface area contributed by atoms with Gasteiger partial charge in [0.1, 0.15) is 21.9 Å². The van der Waals surface area contributed by atoms with Gasteiger partial charge in [-0.2, -0.15) is 0 Å². The Hall–Kier alpha value is -2.96. The predicted molar refractivity (Wildman–Crippen MR) is 165 cm³/mol. The number of allylic oxidation sites excluding steroid dienone is 1. The number of hydrogen-bond acceptors (Lipinski definition) is 7. The molecule has 1 heterocycles. The Morgan fingerprint density at radius 2 is 1.64 bits per heavy atom. The maximum Gasteiger partial charge on any atom is 0.315 e. The number of likely N-dealkylation sites (tertiary alicyclic amines) is 1. The number of rotatable bonds is 11. The summed E-state index contributed by atoms with van der Waals surface area (Å²) in [5, 5.41) is 8.50. The fourth-order valence-electron chi connectivity index (χ4n) is 6.89. The molecule has 0 bridgehead atoms. The molecule has 13 heteroatoms. The fraction of sp³-hybridized carbons (Fsp3) is 0.774. The molecule has 0 spiro atoms. The average Bonchev–Trinajstić information content (AvgIpc) is 3.84. The normalized spacial score (nSPS) is 24.7. The van der Waals surface area contributed by atoms with E-state index < -0.39 is 68.5 Å². The SMILES string of the molecule is CC1C(=C2CC2)CN(C(=O)[C@@H](NC(=O)NC2(CS(C)(=O)=O)CCCCC2)C(C)(C)C)C1C(=O)NC(CC1CC1)C(=O)C(N)=O. The Morgan fingerprint density at radius 1 is 1.02 bits per heavy atom. The summed E-state index contributed by atoms with van der Waals surface area (Å²) in [7, 11) is -3.39. The number of sulfone groups is 1. The van der Waals surface area contributed by atoms with Crippen molar-refractivity contribution in [2.24, 2.45) is 23.0 Å². The van der Waals surface area contributed by atoms with Crippen molar-refractivity contribution in [2.45, 2.75) is 116 Å². The van der Waals surface area contributed by atoms with Crippen molar-refractivity contribution in [1.29, 1.82) is 0 Å². The summed E-state index contributed by atoms with van der Waals surface area (Å²) in [4.78, 5) is 67.5. The molecule has 3 unspecified atom stereocenters. The fourth-order valence-corrected chi connectivity index (χ4v) is 8.26. The van der Waals surface area contributed by atoms with Crippen LogP contribution < -0.4 is 21.7 Å². The highest BCUT2D eigenvalue weighted by Gasteiger charge is 2.49. The van der Waals surface area contributed by atoms with E-state index in [1.165, 1.54) is 10.5 Å². The number of amides is 5. The van der Waals surface area contributed by atoms with Crippen molar-refractivity contribution in [3.63, 3.8) is 0 Å². The number of urea groups is 1. The molecule has 1 aliphatic heterocycles. The zero-order chi connectivity index (χ0) is 32.6. The van der Waals surface area contributed by atoms with Gasteiger partial charge in [0.25, 0.3) is 5.91 Å². The number of Topliss-reactive ketones (excluding diaryl/α,β-unsaturated/α-hetero) is 1. The number of ketones is 1. The Bertz CT molecular complexity index is 1320. The second-order valence-electron chi connectivity index (χ2n) is 14.6. The van der Waals surface area contributed by atoms with Crippen LogP contribution in [0.2, 0.25) is 0 Å². The minimum absolute atomic E-state index is 0.184. The Kier molecular flexibility index (Phi) is 9.87. The summed E-state index contributed by atoms with van der Waals surface area (Å²) in [6.45, 7) is 7.55. The average molecular weight is 636 g/mol. The monoisotopic (exact) mass is 635 g/mol. The maximum absolute atomic E-state index is 14.3. The van der Waals surface area contributed by atoms with E-state index in [-0.39, 0.29) is 24.1 Å². The molecule has 3 saturated carbocycles. The van der Waals surface area contributed by atoms with Gasteiger partial charge in [-0.3, -0.25) is 19.2 Å².